The van der Waals surface area contributed by atoms with E-state index in [1.807, 2.05) is 0 Å². The quantitative estimate of drug-likeness (QED) is 0.751. The van der Waals surface area contributed by atoms with E-state index in [-0.39, 0.29) is 6.10 Å². The number of aliphatic hydroxyl groups is 1. The molecule has 15 heavy (non-hydrogen) atoms. The summed E-state index contributed by atoms with van der Waals surface area (Å²) in [5.41, 5.74) is 0. The molecule has 0 aliphatic heterocycles. The van der Waals surface area contributed by atoms with Crippen LogP contribution in [-0.4, -0.2) is 23.8 Å². The Labute approximate surface area is 93.5 Å². The Morgan fingerprint density at radius 1 is 1.07 bits per heavy atom. The van der Waals surface area contributed by atoms with E-state index in [9.17, 15) is 5.11 Å². The first-order valence-electron chi connectivity index (χ1n) is 6.67. The van der Waals surface area contributed by atoms with Crippen LogP contribution in [0.15, 0.2) is 0 Å². The zero-order chi connectivity index (χ0) is 10.7. The minimum Gasteiger partial charge on any atom is -0.392 e. The van der Waals surface area contributed by atoms with Crippen LogP contribution in [0.2, 0.25) is 0 Å². The van der Waals surface area contributed by atoms with Gasteiger partial charge in [-0.15, -0.1) is 0 Å². The Morgan fingerprint density at radius 3 is 2.40 bits per heavy atom. The van der Waals surface area contributed by atoms with Gasteiger partial charge in [0.05, 0.1) is 6.10 Å². The summed E-state index contributed by atoms with van der Waals surface area (Å²) in [6.07, 6.45) is 8.87. The monoisotopic (exact) mass is 211 g/mol. The van der Waals surface area contributed by atoms with Crippen molar-refractivity contribution < 1.29 is 5.11 Å². The minimum absolute atomic E-state index is 0.0764. The molecule has 88 valence electrons. The molecule has 0 unspecified atom stereocenters. The maximum atomic E-state index is 9.70. The smallest absolute Gasteiger partial charge is 0.0693 e. The Kier molecular flexibility index (Phi) is 4.04. The van der Waals surface area contributed by atoms with E-state index in [1.54, 1.807) is 0 Å². The summed E-state index contributed by atoms with van der Waals surface area (Å²) in [5, 5.41) is 13.3. The highest BCUT2D eigenvalue weighted by molar-refractivity contribution is 4.84. The third-order valence-electron chi connectivity index (χ3n) is 4.28. The van der Waals surface area contributed by atoms with Gasteiger partial charge in [-0.3, -0.25) is 0 Å². The summed E-state index contributed by atoms with van der Waals surface area (Å²) in [6.45, 7) is 3.50. The van der Waals surface area contributed by atoms with Crippen LogP contribution in [0, 0.1) is 11.8 Å². The van der Waals surface area contributed by atoms with Crippen LogP contribution in [0.3, 0.4) is 0 Å². The summed E-state index contributed by atoms with van der Waals surface area (Å²) in [5.74, 6) is 1.81. The van der Waals surface area contributed by atoms with E-state index in [0.29, 0.717) is 6.04 Å². The lowest BCUT2D eigenvalue weighted by Crippen LogP contribution is -2.39. The molecule has 0 aromatic heterocycles. The molecular formula is C13H25NO. The predicted octanol–water partition coefficient (Wildman–Crippen LogP) is 2.32. The van der Waals surface area contributed by atoms with Crippen molar-refractivity contribution in [2.75, 3.05) is 6.54 Å². The third kappa shape index (κ3) is 3.18. The van der Waals surface area contributed by atoms with Gasteiger partial charge in [-0.1, -0.05) is 19.8 Å². The first-order valence-corrected chi connectivity index (χ1v) is 6.67. The first-order chi connectivity index (χ1) is 7.25. The molecule has 2 nitrogen and oxygen atoms in total. The summed E-state index contributed by atoms with van der Waals surface area (Å²) >= 11 is 0. The van der Waals surface area contributed by atoms with Crippen molar-refractivity contribution in [2.24, 2.45) is 11.8 Å². The van der Waals surface area contributed by atoms with Gasteiger partial charge in [0, 0.05) is 6.04 Å². The molecule has 0 saturated heterocycles. The SMILES string of the molecule is CC1CCC(CN[C@@H]2CCC[C@H]2O)CC1. The molecule has 0 radical (unpaired) electrons. The first kappa shape index (κ1) is 11.4. The van der Waals surface area contributed by atoms with E-state index in [2.05, 4.69) is 12.2 Å². The molecule has 2 N–H and O–H groups in total. The molecule has 0 amide bonds. The van der Waals surface area contributed by atoms with Crippen molar-refractivity contribution in [2.45, 2.75) is 64.0 Å². The third-order valence-corrected chi connectivity index (χ3v) is 4.28. The van der Waals surface area contributed by atoms with Gasteiger partial charge in [-0.25, -0.2) is 0 Å². The molecule has 0 aromatic carbocycles. The van der Waals surface area contributed by atoms with Crippen molar-refractivity contribution in [3.05, 3.63) is 0 Å². The van der Waals surface area contributed by atoms with E-state index < -0.39 is 0 Å². The lowest BCUT2D eigenvalue weighted by molar-refractivity contribution is 0.143. The molecule has 0 bridgehead atoms. The molecule has 2 atom stereocenters. The van der Waals surface area contributed by atoms with Crippen LogP contribution < -0.4 is 5.32 Å². The van der Waals surface area contributed by atoms with Crippen molar-refractivity contribution in [3.8, 4) is 0 Å². The number of aliphatic hydroxyl groups excluding tert-OH is 1. The highest BCUT2D eigenvalue weighted by Crippen LogP contribution is 2.28. The maximum absolute atomic E-state index is 9.70. The van der Waals surface area contributed by atoms with Crippen molar-refractivity contribution in [1.82, 2.24) is 5.32 Å². The van der Waals surface area contributed by atoms with Gasteiger partial charge in [0.2, 0.25) is 0 Å². The highest BCUT2D eigenvalue weighted by atomic mass is 16.3. The second kappa shape index (κ2) is 5.31. The van der Waals surface area contributed by atoms with Gasteiger partial charge in [0.25, 0.3) is 0 Å². The van der Waals surface area contributed by atoms with Crippen LogP contribution in [0.25, 0.3) is 0 Å². The second-order valence-electron chi connectivity index (χ2n) is 5.64. The topological polar surface area (TPSA) is 32.3 Å². The van der Waals surface area contributed by atoms with E-state index in [1.165, 1.54) is 38.5 Å². The van der Waals surface area contributed by atoms with Gasteiger partial charge >= 0.3 is 0 Å². The molecule has 2 fully saturated rings. The summed E-state index contributed by atoms with van der Waals surface area (Å²) in [7, 11) is 0. The zero-order valence-electron chi connectivity index (χ0n) is 9.91. The maximum Gasteiger partial charge on any atom is 0.0693 e. The molecule has 0 heterocycles. The fraction of sp³-hybridized carbons (Fsp3) is 1.00. The molecule has 2 rings (SSSR count). The van der Waals surface area contributed by atoms with Crippen molar-refractivity contribution >= 4 is 0 Å². The average Bonchev–Trinajstić information content (AvgIpc) is 2.63. The molecule has 0 aromatic rings. The summed E-state index contributed by atoms with van der Waals surface area (Å²) in [4.78, 5) is 0. The van der Waals surface area contributed by atoms with Gasteiger partial charge < -0.3 is 10.4 Å². The van der Waals surface area contributed by atoms with Crippen LogP contribution in [0.1, 0.15) is 51.9 Å². The Morgan fingerprint density at radius 2 is 1.80 bits per heavy atom. The van der Waals surface area contributed by atoms with Gasteiger partial charge in [-0.2, -0.15) is 0 Å². The normalized spacial score (nSPS) is 42.0. The van der Waals surface area contributed by atoms with Crippen LogP contribution in [0.5, 0.6) is 0 Å². The number of hydrogen-bond acceptors (Lipinski definition) is 2. The minimum atomic E-state index is -0.0764. The van der Waals surface area contributed by atoms with Crippen molar-refractivity contribution in [1.29, 1.82) is 0 Å². The average molecular weight is 211 g/mol. The molecule has 0 spiro atoms. The van der Waals surface area contributed by atoms with E-state index in [0.717, 1.165) is 24.8 Å². The van der Waals surface area contributed by atoms with Gasteiger partial charge in [-0.05, 0) is 50.5 Å². The summed E-state index contributed by atoms with van der Waals surface area (Å²) < 4.78 is 0. The largest absolute Gasteiger partial charge is 0.392 e. The number of nitrogens with one attached hydrogen (secondary N) is 1. The molecular weight excluding hydrogens is 186 g/mol. The molecule has 2 aliphatic rings. The van der Waals surface area contributed by atoms with Crippen LogP contribution >= 0.6 is 0 Å². The Hall–Kier alpha value is -0.0800. The standard InChI is InChI=1S/C13H25NO/c1-10-5-7-11(8-6-10)9-14-12-3-2-4-13(12)15/h10-15H,2-9H2,1H3/t10?,11?,12-,13-/m1/s1. The zero-order valence-corrected chi connectivity index (χ0v) is 9.91. The number of hydrogen-bond donors (Lipinski definition) is 2. The predicted molar refractivity (Wildman–Crippen MR) is 62.8 cm³/mol. The molecule has 2 heteroatoms. The van der Waals surface area contributed by atoms with Gasteiger partial charge in [0.1, 0.15) is 0 Å². The fourth-order valence-electron chi connectivity index (χ4n) is 3.03. The van der Waals surface area contributed by atoms with Crippen LogP contribution in [0.4, 0.5) is 0 Å². The van der Waals surface area contributed by atoms with E-state index in [4.69, 9.17) is 0 Å². The lowest BCUT2D eigenvalue weighted by atomic mass is 9.83. The molecule has 2 saturated carbocycles. The van der Waals surface area contributed by atoms with Crippen molar-refractivity contribution in [3.63, 3.8) is 0 Å². The lowest BCUT2D eigenvalue weighted by Gasteiger charge is -2.28. The Bertz CT molecular complexity index is 187. The number of rotatable bonds is 3. The summed E-state index contributed by atoms with van der Waals surface area (Å²) in [6, 6.07) is 0.393. The van der Waals surface area contributed by atoms with Gasteiger partial charge in [0.15, 0.2) is 0 Å². The fourth-order valence-corrected chi connectivity index (χ4v) is 3.03. The molecule has 2 aliphatic carbocycles. The Balaban J connectivity index is 1.65. The second-order valence-corrected chi connectivity index (χ2v) is 5.64. The van der Waals surface area contributed by atoms with Crippen LogP contribution in [-0.2, 0) is 0 Å². The van der Waals surface area contributed by atoms with E-state index >= 15 is 0 Å². The highest BCUT2D eigenvalue weighted by Gasteiger charge is 2.26.